The van der Waals surface area contributed by atoms with E-state index in [0.717, 1.165) is 19.6 Å². The van der Waals surface area contributed by atoms with Gasteiger partial charge >= 0.3 is 6.03 Å². The van der Waals surface area contributed by atoms with E-state index in [9.17, 15) is 4.79 Å². The van der Waals surface area contributed by atoms with Crippen LogP contribution in [0.3, 0.4) is 0 Å². The van der Waals surface area contributed by atoms with E-state index in [1.54, 1.807) is 19.0 Å². The standard InChI is InChI=1S/C14H27N3O3/c1-15(2)8-12-7-14(20-9-12)10-17(5-6-19-11-14)13(18)16(3)4/h12H,5-11H2,1-4H3. The molecule has 20 heavy (non-hydrogen) atoms. The number of carbonyl (C=O) groups is 1. The maximum Gasteiger partial charge on any atom is 0.319 e. The Hall–Kier alpha value is -0.850. The van der Waals surface area contributed by atoms with E-state index in [1.807, 2.05) is 4.90 Å². The Bertz CT molecular complexity index is 349. The van der Waals surface area contributed by atoms with Crippen molar-refractivity contribution >= 4 is 6.03 Å². The summed E-state index contributed by atoms with van der Waals surface area (Å²) >= 11 is 0. The SMILES string of the molecule is CN(C)CC1COC2(COCCN(C(=O)N(C)C)C2)C1. The minimum absolute atomic E-state index is 0.0366. The second-order valence-electron chi connectivity index (χ2n) is 6.48. The fourth-order valence-electron chi connectivity index (χ4n) is 3.13. The van der Waals surface area contributed by atoms with Gasteiger partial charge in [0, 0.05) is 27.2 Å². The van der Waals surface area contributed by atoms with Crippen LogP contribution in [0.25, 0.3) is 0 Å². The Morgan fingerprint density at radius 3 is 2.75 bits per heavy atom. The minimum Gasteiger partial charge on any atom is -0.377 e. The van der Waals surface area contributed by atoms with Gasteiger partial charge in [-0.2, -0.15) is 0 Å². The lowest BCUT2D eigenvalue weighted by molar-refractivity contribution is -0.0535. The molecule has 0 radical (unpaired) electrons. The normalized spacial score (nSPS) is 30.9. The number of rotatable bonds is 2. The topological polar surface area (TPSA) is 45.3 Å². The highest BCUT2D eigenvalue weighted by Gasteiger charge is 2.44. The van der Waals surface area contributed by atoms with Crippen LogP contribution in [0.2, 0.25) is 0 Å². The Morgan fingerprint density at radius 2 is 2.10 bits per heavy atom. The van der Waals surface area contributed by atoms with Crippen LogP contribution < -0.4 is 0 Å². The molecular formula is C14H27N3O3. The van der Waals surface area contributed by atoms with Crippen LogP contribution in [0.5, 0.6) is 0 Å². The van der Waals surface area contributed by atoms with Gasteiger partial charge in [-0.25, -0.2) is 4.79 Å². The van der Waals surface area contributed by atoms with Crippen molar-refractivity contribution in [2.45, 2.75) is 12.0 Å². The lowest BCUT2D eigenvalue weighted by atomic mass is 9.94. The van der Waals surface area contributed by atoms with Crippen LogP contribution in [-0.2, 0) is 9.47 Å². The molecule has 2 heterocycles. The summed E-state index contributed by atoms with van der Waals surface area (Å²) in [5.74, 6) is 0.517. The number of amides is 2. The van der Waals surface area contributed by atoms with Crippen molar-refractivity contribution < 1.29 is 14.3 Å². The van der Waals surface area contributed by atoms with Gasteiger partial charge in [0.05, 0.1) is 26.4 Å². The summed E-state index contributed by atoms with van der Waals surface area (Å²) in [5.41, 5.74) is -0.317. The predicted octanol–water partition coefficient (Wildman–Crippen LogP) is 0.337. The Balaban J connectivity index is 2.02. The molecule has 0 aromatic carbocycles. The molecule has 1 spiro atoms. The third kappa shape index (κ3) is 3.62. The van der Waals surface area contributed by atoms with Crippen molar-refractivity contribution in [1.29, 1.82) is 0 Å². The second-order valence-corrected chi connectivity index (χ2v) is 6.48. The molecule has 2 amide bonds. The summed E-state index contributed by atoms with van der Waals surface area (Å²) in [6, 6.07) is 0.0366. The molecule has 2 saturated heterocycles. The molecule has 2 aliphatic rings. The summed E-state index contributed by atoms with van der Waals surface area (Å²) in [4.78, 5) is 17.8. The molecule has 0 aromatic rings. The highest BCUT2D eigenvalue weighted by atomic mass is 16.5. The molecule has 0 N–H and O–H groups in total. The van der Waals surface area contributed by atoms with E-state index < -0.39 is 0 Å². The number of urea groups is 1. The minimum atomic E-state index is -0.317. The van der Waals surface area contributed by atoms with E-state index in [1.165, 1.54) is 0 Å². The average Bonchev–Trinajstić information content (AvgIpc) is 2.62. The Labute approximate surface area is 121 Å². The molecule has 2 atom stereocenters. The van der Waals surface area contributed by atoms with Crippen LogP contribution in [-0.4, -0.2) is 94.0 Å². The number of hydrogen-bond acceptors (Lipinski definition) is 4. The highest BCUT2D eigenvalue weighted by molar-refractivity contribution is 5.74. The molecule has 2 fully saturated rings. The van der Waals surface area contributed by atoms with Gasteiger partial charge in [0.2, 0.25) is 0 Å². The van der Waals surface area contributed by atoms with Gasteiger partial charge < -0.3 is 24.2 Å². The van der Waals surface area contributed by atoms with E-state index in [-0.39, 0.29) is 11.6 Å². The van der Waals surface area contributed by atoms with Crippen LogP contribution in [0.15, 0.2) is 0 Å². The number of nitrogens with zero attached hydrogens (tertiary/aromatic N) is 3. The fraction of sp³-hybridized carbons (Fsp3) is 0.929. The van der Waals surface area contributed by atoms with Crippen LogP contribution >= 0.6 is 0 Å². The fourth-order valence-corrected chi connectivity index (χ4v) is 3.13. The lowest BCUT2D eigenvalue weighted by Crippen LogP contribution is -2.49. The summed E-state index contributed by atoms with van der Waals surface area (Å²) in [6.45, 7) is 4.22. The van der Waals surface area contributed by atoms with Crippen molar-refractivity contribution in [3.8, 4) is 0 Å². The third-order valence-corrected chi connectivity index (χ3v) is 3.91. The van der Waals surface area contributed by atoms with Gasteiger partial charge in [0.1, 0.15) is 5.60 Å². The van der Waals surface area contributed by atoms with E-state index >= 15 is 0 Å². The second kappa shape index (κ2) is 6.28. The molecule has 0 saturated carbocycles. The van der Waals surface area contributed by atoms with E-state index in [4.69, 9.17) is 9.47 Å². The zero-order valence-corrected chi connectivity index (χ0v) is 13.1. The molecule has 0 aromatic heterocycles. The van der Waals surface area contributed by atoms with E-state index in [0.29, 0.717) is 32.2 Å². The number of ether oxygens (including phenoxy) is 2. The maximum absolute atomic E-state index is 12.2. The molecule has 2 unspecified atom stereocenters. The quantitative estimate of drug-likeness (QED) is 0.734. The molecular weight excluding hydrogens is 258 g/mol. The summed E-state index contributed by atoms with van der Waals surface area (Å²) in [6.07, 6.45) is 0.961. The largest absolute Gasteiger partial charge is 0.377 e. The van der Waals surface area contributed by atoms with Crippen molar-refractivity contribution in [1.82, 2.24) is 14.7 Å². The van der Waals surface area contributed by atoms with Gasteiger partial charge in [-0.1, -0.05) is 0 Å². The van der Waals surface area contributed by atoms with Crippen molar-refractivity contribution in [2.75, 3.05) is 67.6 Å². The molecule has 2 rings (SSSR count). The van der Waals surface area contributed by atoms with Crippen molar-refractivity contribution in [3.05, 3.63) is 0 Å². The van der Waals surface area contributed by atoms with Crippen molar-refractivity contribution in [2.24, 2.45) is 5.92 Å². The van der Waals surface area contributed by atoms with Gasteiger partial charge in [0.15, 0.2) is 0 Å². The molecule has 0 aliphatic carbocycles. The first-order chi connectivity index (χ1) is 9.42. The third-order valence-electron chi connectivity index (χ3n) is 3.91. The first-order valence-electron chi connectivity index (χ1n) is 7.24. The Morgan fingerprint density at radius 1 is 1.35 bits per heavy atom. The highest BCUT2D eigenvalue weighted by Crippen LogP contribution is 2.33. The number of carbonyl (C=O) groups excluding carboxylic acids is 1. The van der Waals surface area contributed by atoms with Crippen LogP contribution in [0.1, 0.15) is 6.42 Å². The molecule has 0 bridgehead atoms. The van der Waals surface area contributed by atoms with Crippen LogP contribution in [0.4, 0.5) is 4.79 Å². The molecule has 6 nitrogen and oxygen atoms in total. The zero-order valence-electron chi connectivity index (χ0n) is 13.1. The summed E-state index contributed by atoms with van der Waals surface area (Å²) in [7, 11) is 7.73. The molecule has 6 heteroatoms. The van der Waals surface area contributed by atoms with Gasteiger partial charge in [-0.3, -0.25) is 0 Å². The molecule has 116 valence electrons. The first kappa shape index (κ1) is 15.5. The van der Waals surface area contributed by atoms with E-state index in [2.05, 4.69) is 19.0 Å². The van der Waals surface area contributed by atoms with Gasteiger partial charge in [-0.05, 0) is 26.4 Å². The molecule has 2 aliphatic heterocycles. The summed E-state index contributed by atoms with van der Waals surface area (Å²) in [5, 5.41) is 0. The summed E-state index contributed by atoms with van der Waals surface area (Å²) < 4.78 is 11.8. The monoisotopic (exact) mass is 285 g/mol. The van der Waals surface area contributed by atoms with Gasteiger partial charge in [-0.15, -0.1) is 0 Å². The average molecular weight is 285 g/mol. The maximum atomic E-state index is 12.2. The lowest BCUT2D eigenvalue weighted by Gasteiger charge is -2.32. The van der Waals surface area contributed by atoms with Crippen molar-refractivity contribution in [3.63, 3.8) is 0 Å². The smallest absolute Gasteiger partial charge is 0.319 e. The first-order valence-corrected chi connectivity index (χ1v) is 7.24. The van der Waals surface area contributed by atoms with Gasteiger partial charge in [0.25, 0.3) is 0 Å². The van der Waals surface area contributed by atoms with Crippen LogP contribution in [0, 0.1) is 5.92 Å². The number of hydrogen-bond donors (Lipinski definition) is 0. The zero-order chi connectivity index (χ0) is 14.8. The Kier molecular flexibility index (Phi) is 4.88. The predicted molar refractivity (Wildman–Crippen MR) is 76.8 cm³/mol.